The van der Waals surface area contributed by atoms with Crippen molar-refractivity contribution < 1.29 is 22.7 Å². The van der Waals surface area contributed by atoms with Gasteiger partial charge >= 0.3 is 6.36 Å². The van der Waals surface area contributed by atoms with E-state index in [-0.39, 0.29) is 17.9 Å². The molecule has 0 aliphatic carbocycles. The third-order valence-corrected chi connectivity index (χ3v) is 2.78. The molecule has 2 rings (SSSR count). The molecule has 0 radical (unpaired) electrons. The van der Waals surface area contributed by atoms with Gasteiger partial charge in [0.15, 0.2) is 0 Å². The first-order chi connectivity index (χ1) is 10.4. The van der Waals surface area contributed by atoms with Crippen LogP contribution in [0.1, 0.15) is 11.1 Å². The minimum atomic E-state index is -4.75. The van der Waals surface area contributed by atoms with Crippen molar-refractivity contribution >= 4 is 17.8 Å². The molecule has 22 heavy (non-hydrogen) atoms. The van der Waals surface area contributed by atoms with Crippen molar-refractivity contribution in [1.29, 1.82) is 0 Å². The monoisotopic (exact) mass is 329 g/mol. The molecule has 0 spiro atoms. The highest BCUT2D eigenvalue weighted by molar-refractivity contribution is 6.30. The van der Waals surface area contributed by atoms with E-state index in [0.717, 1.165) is 0 Å². The molecule has 0 fully saturated rings. The van der Waals surface area contributed by atoms with E-state index < -0.39 is 6.36 Å². The maximum Gasteiger partial charge on any atom is 0.573 e. The highest BCUT2D eigenvalue weighted by Gasteiger charge is 2.32. The molecule has 2 aromatic carbocycles. The van der Waals surface area contributed by atoms with Gasteiger partial charge in [0.05, 0.1) is 6.21 Å². The summed E-state index contributed by atoms with van der Waals surface area (Å²) in [5, 5.41) is 4.24. The molecule has 2 aromatic rings. The molecular weight excluding hydrogens is 319 g/mol. The molecule has 0 aromatic heterocycles. The van der Waals surface area contributed by atoms with Crippen molar-refractivity contribution in [2.24, 2.45) is 5.16 Å². The van der Waals surface area contributed by atoms with E-state index in [9.17, 15) is 13.2 Å². The summed E-state index contributed by atoms with van der Waals surface area (Å²) in [6, 6.07) is 12.6. The van der Waals surface area contributed by atoms with Crippen LogP contribution in [0.2, 0.25) is 5.02 Å². The van der Waals surface area contributed by atoms with E-state index in [4.69, 9.17) is 16.4 Å². The average Bonchev–Trinajstić information content (AvgIpc) is 2.44. The lowest BCUT2D eigenvalue weighted by atomic mass is 10.2. The lowest BCUT2D eigenvalue weighted by Gasteiger charge is -2.12. The summed E-state index contributed by atoms with van der Waals surface area (Å²) in [5.41, 5.74) is 0.954. The Morgan fingerprint density at radius 2 is 1.86 bits per heavy atom. The fraction of sp³-hybridized carbons (Fsp3) is 0.133. The number of halogens is 4. The van der Waals surface area contributed by atoms with E-state index in [1.807, 2.05) is 0 Å². The van der Waals surface area contributed by atoms with Gasteiger partial charge in [-0.05, 0) is 23.8 Å². The number of ether oxygens (including phenoxy) is 1. The van der Waals surface area contributed by atoms with Crippen LogP contribution in [0.25, 0.3) is 0 Å². The van der Waals surface area contributed by atoms with Gasteiger partial charge in [0.1, 0.15) is 12.4 Å². The summed E-state index contributed by atoms with van der Waals surface area (Å²) < 4.78 is 40.7. The molecule has 0 aliphatic rings. The Kier molecular flexibility index (Phi) is 5.27. The maximum absolute atomic E-state index is 12.3. The van der Waals surface area contributed by atoms with Crippen LogP contribution < -0.4 is 4.74 Å². The van der Waals surface area contributed by atoms with E-state index in [2.05, 4.69) is 9.89 Å². The van der Waals surface area contributed by atoms with Crippen molar-refractivity contribution in [1.82, 2.24) is 0 Å². The van der Waals surface area contributed by atoms with Gasteiger partial charge in [0, 0.05) is 10.6 Å². The Balaban J connectivity index is 1.97. The molecule has 116 valence electrons. The quantitative estimate of drug-likeness (QED) is 0.583. The van der Waals surface area contributed by atoms with Crippen LogP contribution in [0.15, 0.2) is 53.7 Å². The third-order valence-electron chi connectivity index (χ3n) is 2.54. The van der Waals surface area contributed by atoms with Gasteiger partial charge in [-0.2, -0.15) is 0 Å². The highest BCUT2D eigenvalue weighted by atomic mass is 35.5. The van der Waals surface area contributed by atoms with E-state index >= 15 is 0 Å². The fourth-order valence-electron chi connectivity index (χ4n) is 1.64. The SMILES string of the molecule is FC(F)(F)Oc1ccccc1CON=Cc1cccc(Cl)c1. The summed E-state index contributed by atoms with van der Waals surface area (Å²) in [6.45, 7) is -0.149. The van der Waals surface area contributed by atoms with Crippen LogP contribution in [0.3, 0.4) is 0 Å². The maximum atomic E-state index is 12.3. The van der Waals surface area contributed by atoms with Gasteiger partial charge in [-0.25, -0.2) is 0 Å². The molecule has 0 aliphatic heterocycles. The normalized spacial score (nSPS) is 11.6. The molecule has 0 saturated carbocycles. The van der Waals surface area contributed by atoms with Crippen molar-refractivity contribution in [3.63, 3.8) is 0 Å². The van der Waals surface area contributed by atoms with E-state index in [1.54, 1.807) is 30.3 Å². The zero-order valence-electron chi connectivity index (χ0n) is 11.2. The van der Waals surface area contributed by atoms with Crippen LogP contribution in [0, 0.1) is 0 Å². The topological polar surface area (TPSA) is 30.8 Å². The third kappa shape index (κ3) is 5.29. The fourth-order valence-corrected chi connectivity index (χ4v) is 1.84. The summed E-state index contributed by atoms with van der Waals surface area (Å²) in [7, 11) is 0. The van der Waals surface area contributed by atoms with Gasteiger partial charge in [0.25, 0.3) is 0 Å². The van der Waals surface area contributed by atoms with Crippen LogP contribution in [0.5, 0.6) is 5.75 Å². The summed E-state index contributed by atoms with van der Waals surface area (Å²) in [5.74, 6) is -0.312. The summed E-state index contributed by atoms with van der Waals surface area (Å²) >= 11 is 5.81. The number of alkyl halides is 3. The molecule has 0 saturated heterocycles. The molecular formula is C15H11ClF3NO2. The Morgan fingerprint density at radius 1 is 1.09 bits per heavy atom. The first-order valence-electron chi connectivity index (χ1n) is 6.18. The van der Waals surface area contributed by atoms with Gasteiger partial charge < -0.3 is 9.57 Å². The standard InChI is InChI=1S/C15H11ClF3NO2/c16-13-6-3-4-11(8-13)9-20-21-10-12-5-1-2-7-14(12)22-15(17,18)19/h1-9H,10H2. The van der Waals surface area contributed by atoms with Crippen LogP contribution in [-0.4, -0.2) is 12.6 Å². The number of hydrogen-bond acceptors (Lipinski definition) is 3. The molecule has 0 amide bonds. The van der Waals surface area contributed by atoms with Crippen molar-refractivity contribution in [3.8, 4) is 5.75 Å². The second kappa shape index (κ2) is 7.17. The van der Waals surface area contributed by atoms with E-state index in [0.29, 0.717) is 10.6 Å². The number of hydrogen-bond donors (Lipinski definition) is 0. The Labute approximate surface area is 129 Å². The second-order valence-electron chi connectivity index (χ2n) is 4.22. The van der Waals surface area contributed by atoms with Crippen molar-refractivity contribution in [2.75, 3.05) is 0 Å². The average molecular weight is 330 g/mol. The molecule has 0 bridgehead atoms. The van der Waals surface area contributed by atoms with Crippen LogP contribution >= 0.6 is 11.6 Å². The zero-order valence-corrected chi connectivity index (χ0v) is 11.9. The minimum Gasteiger partial charge on any atom is -0.405 e. The number of nitrogens with zero attached hydrogens (tertiary/aromatic N) is 1. The predicted molar refractivity (Wildman–Crippen MR) is 77.0 cm³/mol. The van der Waals surface area contributed by atoms with Gasteiger partial charge in [-0.15, -0.1) is 13.2 Å². The van der Waals surface area contributed by atoms with E-state index in [1.165, 1.54) is 24.4 Å². The minimum absolute atomic E-state index is 0.149. The molecule has 3 nitrogen and oxygen atoms in total. The Hall–Kier alpha value is -2.21. The predicted octanol–water partition coefficient (Wildman–Crippen LogP) is 4.79. The Bertz CT molecular complexity index is 659. The van der Waals surface area contributed by atoms with Crippen molar-refractivity contribution in [3.05, 3.63) is 64.7 Å². The number of rotatable bonds is 5. The number of para-hydroxylation sites is 1. The van der Waals surface area contributed by atoms with Crippen LogP contribution in [-0.2, 0) is 11.4 Å². The first-order valence-corrected chi connectivity index (χ1v) is 6.56. The zero-order chi connectivity index (χ0) is 16.0. The molecule has 0 unspecified atom stereocenters. The lowest BCUT2D eigenvalue weighted by molar-refractivity contribution is -0.275. The molecule has 7 heteroatoms. The van der Waals surface area contributed by atoms with Gasteiger partial charge in [-0.3, -0.25) is 0 Å². The van der Waals surface area contributed by atoms with Crippen LogP contribution in [0.4, 0.5) is 13.2 Å². The lowest BCUT2D eigenvalue weighted by Crippen LogP contribution is -2.18. The Morgan fingerprint density at radius 3 is 2.59 bits per heavy atom. The summed E-state index contributed by atoms with van der Waals surface area (Å²) in [4.78, 5) is 5.00. The van der Waals surface area contributed by atoms with Gasteiger partial charge in [0.2, 0.25) is 0 Å². The second-order valence-corrected chi connectivity index (χ2v) is 4.65. The molecule has 0 heterocycles. The first kappa shape index (κ1) is 16.2. The molecule has 0 atom stereocenters. The van der Waals surface area contributed by atoms with Crippen molar-refractivity contribution in [2.45, 2.75) is 13.0 Å². The number of oxime groups is 1. The van der Waals surface area contributed by atoms with Gasteiger partial charge in [-0.1, -0.05) is 47.1 Å². The molecule has 0 N–H and O–H groups in total. The summed E-state index contributed by atoms with van der Waals surface area (Å²) in [6.07, 6.45) is -3.33. The highest BCUT2D eigenvalue weighted by Crippen LogP contribution is 2.26. The largest absolute Gasteiger partial charge is 0.573 e. The smallest absolute Gasteiger partial charge is 0.405 e. The number of benzene rings is 2.